The molecular formula is C10H14BrN2O2. The molecule has 1 radical (unpaired) electrons. The predicted molar refractivity (Wildman–Crippen MR) is 58.3 cm³/mol. The Kier molecular flexibility index (Phi) is 4.17. The Bertz CT molecular complexity index is 297. The Morgan fingerprint density at radius 2 is 2.60 bits per heavy atom. The molecule has 2 rings (SSSR count). The quantitative estimate of drug-likeness (QED) is 0.842. The van der Waals surface area contributed by atoms with Gasteiger partial charge in [-0.3, -0.25) is 4.68 Å². The van der Waals surface area contributed by atoms with Crippen molar-refractivity contribution in [1.29, 1.82) is 0 Å². The fourth-order valence-electron chi connectivity index (χ4n) is 1.53. The smallest absolute Gasteiger partial charge is 0.157 e. The summed E-state index contributed by atoms with van der Waals surface area (Å²) in [6.45, 7) is 2.16. The summed E-state index contributed by atoms with van der Waals surface area (Å²) >= 11 is 3.27. The first-order valence-electron chi connectivity index (χ1n) is 5.19. The Hall–Kier alpha value is -0.390. The van der Waals surface area contributed by atoms with E-state index in [2.05, 4.69) is 27.2 Å². The van der Waals surface area contributed by atoms with Gasteiger partial charge in [-0.25, -0.2) is 0 Å². The van der Waals surface area contributed by atoms with Crippen molar-refractivity contribution in [3.63, 3.8) is 0 Å². The molecule has 1 aliphatic heterocycles. The molecule has 0 aromatic carbocycles. The van der Waals surface area contributed by atoms with Crippen molar-refractivity contribution in [3.05, 3.63) is 16.9 Å². The summed E-state index contributed by atoms with van der Waals surface area (Å²) in [5.41, 5.74) is 0. The number of rotatable bonds is 4. The van der Waals surface area contributed by atoms with Crippen LogP contribution in [0, 0.1) is 6.20 Å². The highest BCUT2D eigenvalue weighted by Gasteiger charge is 2.13. The van der Waals surface area contributed by atoms with Crippen molar-refractivity contribution in [2.24, 2.45) is 0 Å². The molecular weight excluding hydrogens is 260 g/mol. The van der Waals surface area contributed by atoms with Crippen LogP contribution in [0.2, 0.25) is 0 Å². The molecule has 1 saturated heterocycles. The summed E-state index contributed by atoms with van der Waals surface area (Å²) < 4.78 is 13.6. The van der Waals surface area contributed by atoms with Crippen LogP contribution in [-0.4, -0.2) is 29.3 Å². The van der Waals surface area contributed by atoms with E-state index in [1.165, 1.54) is 6.42 Å². The summed E-state index contributed by atoms with van der Waals surface area (Å²) in [4.78, 5) is 0. The first-order chi connectivity index (χ1) is 7.34. The molecule has 5 heteroatoms. The molecule has 0 bridgehead atoms. The number of nitrogens with zero attached hydrogens (tertiary/aromatic N) is 2. The fraction of sp³-hybridized carbons (Fsp3) is 0.700. The van der Waals surface area contributed by atoms with E-state index in [0.29, 0.717) is 13.2 Å². The molecule has 0 N–H and O–H groups in total. The van der Waals surface area contributed by atoms with Gasteiger partial charge < -0.3 is 9.47 Å². The van der Waals surface area contributed by atoms with E-state index in [1.807, 2.05) is 0 Å². The van der Waals surface area contributed by atoms with Crippen LogP contribution >= 0.6 is 15.9 Å². The standard InChI is InChI=1S/C10H14BrN2O2/c11-9-4-5-13(12-9)6-8-15-10-3-1-2-7-14-10/h4,10H,1-3,6-8H2. The number of halogens is 1. The van der Waals surface area contributed by atoms with Gasteiger partial charge in [0, 0.05) is 12.7 Å². The van der Waals surface area contributed by atoms with Gasteiger partial charge >= 0.3 is 0 Å². The van der Waals surface area contributed by atoms with Gasteiger partial charge in [0.15, 0.2) is 6.29 Å². The zero-order chi connectivity index (χ0) is 10.5. The molecule has 1 aromatic rings. The van der Waals surface area contributed by atoms with Crippen LogP contribution < -0.4 is 0 Å². The van der Waals surface area contributed by atoms with E-state index in [9.17, 15) is 0 Å². The minimum absolute atomic E-state index is 0.0160. The minimum Gasteiger partial charge on any atom is -0.353 e. The molecule has 1 unspecified atom stereocenters. The topological polar surface area (TPSA) is 36.3 Å². The number of aromatic nitrogens is 2. The molecule has 0 saturated carbocycles. The van der Waals surface area contributed by atoms with E-state index in [-0.39, 0.29) is 6.29 Å². The number of hydrogen-bond donors (Lipinski definition) is 0. The maximum Gasteiger partial charge on any atom is 0.157 e. The highest BCUT2D eigenvalue weighted by atomic mass is 79.9. The van der Waals surface area contributed by atoms with E-state index in [0.717, 1.165) is 24.1 Å². The van der Waals surface area contributed by atoms with Gasteiger partial charge in [0.2, 0.25) is 0 Å². The first-order valence-corrected chi connectivity index (χ1v) is 5.98. The third-order valence-corrected chi connectivity index (χ3v) is 2.68. The maximum absolute atomic E-state index is 5.58. The van der Waals surface area contributed by atoms with Crippen molar-refractivity contribution in [2.45, 2.75) is 32.1 Å². The van der Waals surface area contributed by atoms with E-state index in [1.54, 1.807) is 10.7 Å². The average molecular weight is 274 g/mol. The monoisotopic (exact) mass is 273 g/mol. The van der Waals surface area contributed by atoms with E-state index < -0.39 is 0 Å². The lowest BCUT2D eigenvalue weighted by Gasteiger charge is -2.22. The summed E-state index contributed by atoms with van der Waals surface area (Å²) in [6, 6.07) is 1.79. The van der Waals surface area contributed by atoms with Gasteiger partial charge in [-0.15, -0.1) is 0 Å². The third kappa shape index (κ3) is 3.59. The summed E-state index contributed by atoms with van der Waals surface area (Å²) in [5, 5.41) is 4.15. The van der Waals surface area contributed by atoms with Gasteiger partial charge in [0.25, 0.3) is 0 Å². The zero-order valence-corrected chi connectivity index (χ0v) is 10.1. The highest BCUT2D eigenvalue weighted by Crippen LogP contribution is 2.13. The second kappa shape index (κ2) is 5.63. The van der Waals surface area contributed by atoms with Gasteiger partial charge in [-0.2, -0.15) is 5.10 Å². The average Bonchev–Trinajstić information content (AvgIpc) is 2.66. The van der Waals surface area contributed by atoms with Crippen LogP contribution in [-0.2, 0) is 16.0 Å². The molecule has 1 fully saturated rings. The van der Waals surface area contributed by atoms with Crippen LogP contribution in [0.4, 0.5) is 0 Å². The van der Waals surface area contributed by atoms with Gasteiger partial charge in [0.1, 0.15) is 4.60 Å². The molecule has 1 aliphatic rings. The first kappa shape index (κ1) is 11.1. The SMILES string of the molecule is Brc1c[c]n(CCOC2CCCCO2)n1. The van der Waals surface area contributed by atoms with Gasteiger partial charge in [-0.1, -0.05) is 0 Å². The number of hydrogen-bond acceptors (Lipinski definition) is 3. The van der Waals surface area contributed by atoms with Gasteiger partial charge in [0.05, 0.1) is 19.3 Å². The summed E-state index contributed by atoms with van der Waals surface area (Å²) in [6.07, 6.45) is 6.32. The van der Waals surface area contributed by atoms with Crippen molar-refractivity contribution in [2.75, 3.05) is 13.2 Å². The van der Waals surface area contributed by atoms with Crippen molar-refractivity contribution < 1.29 is 9.47 Å². The van der Waals surface area contributed by atoms with Crippen molar-refractivity contribution in [1.82, 2.24) is 9.78 Å². The van der Waals surface area contributed by atoms with Crippen molar-refractivity contribution in [3.8, 4) is 0 Å². The second-order valence-corrected chi connectivity index (χ2v) is 4.30. The Balaban J connectivity index is 1.65. The zero-order valence-electron chi connectivity index (χ0n) is 8.49. The Morgan fingerprint density at radius 3 is 3.27 bits per heavy atom. The lowest BCUT2D eigenvalue weighted by atomic mass is 10.2. The summed E-state index contributed by atoms with van der Waals surface area (Å²) in [5.74, 6) is 0. The molecule has 83 valence electrons. The maximum atomic E-state index is 5.58. The van der Waals surface area contributed by atoms with Gasteiger partial charge in [-0.05, 0) is 35.2 Å². The molecule has 15 heavy (non-hydrogen) atoms. The van der Waals surface area contributed by atoms with Crippen LogP contribution in [0.15, 0.2) is 10.7 Å². The molecule has 0 aliphatic carbocycles. The Labute approximate surface area is 97.7 Å². The van der Waals surface area contributed by atoms with Crippen molar-refractivity contribution >= 4 is 15.9 Å². The molecule has 1 atom stereocenters. The van der Waals surface area contributed by atoms with E-state index >= 15 is 0 Å². The van der Waals surface area contributed by atoms with Crippen LogP contribution in [0.5, 0.6) is 0 Å². The molecule has 0 amide bonds. The van der Waals surface area contributed by atoms with Crippen LogP contribution in [0.1, 0.15) is 19.3 Å². The lowest BCUT2D eigenvalue weighted by molar-refractivity contribution is -0.163. The van der Waals surface area contributed by atoms with E-state index in [4.69, 9.17) is 9.47 Å². The Morgan fingerprint density at radius 1 is 1.67 bits per heavy atom. The molecule has 2 heterocycles. The number of ether oxygens (including phenoxy) is 2. The largest absolute Gasteiger partial charge is 0.353 e. The molecule has 1 aromatic heterocycles. The fourth-order valence-corrected chi connectivity index (χ4v) is 1.82. The third-order valence-electron chi connectivity index (χ3n) is 2.29. The molecule has 4 nitrogen and oxygen atoms in total. The minimum atomic E-state index is -0.0160. The van der Waals surface area contributed by atoms with Crippen LogP contribution in [0.3, 0.4) is 0 Å². The highest BCUT2D eigenvalue weighted by molar-refractivity contribution is 9.10. The normalized spacial score (nSPS) is 21.8. The predicted octanol–water partition coefficient (Wildman–Crippen LogP) is 1.99. The lowest BCUT2D eigenvalue weighted by Crippen LogP contribution is -2.24. The summed E-state index contributed by atoms with van der Waals surface area (Å²) in [7, 11) is 0. The molecule has 0 spiro atoms. The second-order valence-electron chi connectivity index (χ2n) is 3.49. The van der Waals surface area contributed by atoms with Crippen LogP contribution in [0.25, 0.3) is 0 Å².